The number of benzene rings is 1. The van der Waals surface area contributed by atoms with E-state index < -0.39 is 6.36 Å². The molecule has 5 nitrogen and oxygen atoms in total. The van der Waals surface area contributed by atoms with Gasteiger partial charge in [-0.3, -0.25) is 4.99 Å². The van der Waals surface area contributed by atoms with Gasteiger partial charge in [0.15, 0.2) is 5.96 Å². The number of rotatable bonds is 10. The molecule has 0 atom stereocenters. The maximum absolute atomic E-state index is 12.1. The number of halogens is 4. The van der Waals surface area contributed by atoms with Crippen molar-refractivity contribution in [3.05, 3.63) is 29.8 Å². The fraction of sp³-hybridized carbons (Fsp3) is 0.588. The molecule has 0 amide bonds. The topological polar surface area (TPSA) is 54.9 Å². The van der Waals surface area contributed by atoms with E-state index >= 15 is 0 Å². The second kappa shape index (κ2) is 13.9. The first kappa shape index (κ1) is 24.8. The average molecular weight is 489 g/mol. The first-order chi connectivity index (χ1) is 11.9. The van der Waals surface area contributed by atoms with Crippen molar-refractivity contribution >= 4 is 29.9 Å². The molecule has 2 N–H and O–H groups in total. The van der Waals surface area contributed by atoms with Gasteiger partial charge in [-0.05, 0) is 44.4 Å². The Morgan fingerprint density at radius 1 is 1.12 bits per heavy atom. The van der Waals surface area contributed by atoms with Crippen LogP contribution in [0.1, 0.15) is 25.8 Å². The van der Waals surface area contributed by atoms with E-state index in [0.29, 0.717) is 32.7 Å². The van der Waals surface area contributed by atoms with Crippen molar-refractivity contribution in [3.8, 4) is 5.75 Å². The minimum absolute atomic E-state index is 0. The van der Waals surface area contributed by atoms with Crippen molar-refractivity contribution in [2.24, 2.45) is 4.99 Å². The zero-order chi connectivity index (χ0) is 18.5. The molecule has 0 aliphatic rings. The van der Waals surface area contributed by atoms with Gasteiger partial charge in [0.2, 0.25) is 0 Å². The zero-order valence-corrected chi connectivity index (χ0v) is 17.4. The summed E-state index contributed by atoms with van der Waals surface area (Å²) in [6.07, 6.45) is -3.15. The molecule has 0 bridgehead atoms. The van der Waals surface area contributed by atoms with E-state index in [1.165, 1.54) is 12.1 Å². The molecule has 0 unspecified atom stereocenters. The van der Waals surface area contributed by atoms with Gasteiger partial charge in [-0.1, -0.05) is 12.1 Å². The van der Waals surface area contributed by atoms with Gasteiger partial charge in [-0.15, -0.1) is 37.1 Å². The standard InChI is InChI=1S/C17H26F3N3O2.HI/c1-3-21-16(22-11-5-13-24-4-2)23-12-10-14-6-8-15(9-7-14)25-17(18,19)20;/h6-9H,3-5,10-13H2,1-2H3,(H2,21,22,23);1H. The molecule has 0 heterocycles. The normalized spacial score (nSPS) is 11.7. The van der Waals surface area contributed by atoms with Crippen LogP contribution >= 0.6 is 24.0 Å². The van der Waals surface area contributed by atoms with Crippen molar-refractivity contribution < 1.29 is 22.6 Å². The molecular formula is C17H27F3IN3O2. The van der Waals surface area contributed by atoms with E-state index in [1.807, 2.05) is 13.8 Å². The third-order valence-electron chi connectivity index (χ3n) is 3.13. The Hall–Kier alpha value is -1.23. The summed E-state index contributed by atoms with van der Waals surface area (Å²) in [4.78, 5) is 4.44. The van der Waals surface area contributed by atoms with E-state index in [9.17, 15) is 13.2 Å². The molecule has 9 heteroatoms. The summed E-state index contributed by atoms with van der Waals surface area (Å²) in [5.41, 5.74) is 0.911. The second-order valence-electron chi connectivity index (χ2n) is 5.18. The van der Waals surface area contributed by atoms with Crippen LogP contribution in [0.25, 0.3) is 0 Å². The summed E-state index contributed by atoms with van der Waals surface area (Å²) >= 11 is 0. The number of hydrogen-bond donors (Lipinski definition) is 2. The largest absolute Gasteiger partial charge is 0.573 e. The van der Waals surface area contributed by atoms with Gasteiger partial charge >= 0.3 is 6.36 Å². The maximum atomic E-state index is 12.1. The van der Waals surface area contributed by atoms with Gasteiger partial charge in [0.25, 0.3) is 0 Å². The van der Waals surface area contributed by atoms with Gasteiger partial charge in [-0.2, -0.15) is 0 Å². The van der Waals surface area contributed by atoms with Gasteiger partial charge in [-0.25, -0.2) is 0 Å². The maximum Gasteiger partial charge on any atom is 0.573 e. The Balaban J connectivity index is 0.00000625. The minimum atomic E-state index is -4.66. The Morgan fingerprint density at radius 2 is 1.81 bits per heavy atom. The molecule has 0 fully saturated rings. The number of nitrogens with zero attached hydrogens (tertiary/aromatic N) is 1. The lowest BCUT2D eigenvalue weighted by molar-refractivity contribution is -0.274. The van der Waals surface area contributed by atoms with Crippen molar-refractivity contribution in [3.63, 3.8) is 0 Å². The van der Waals surface area contributed by atoms with Crippen LogP contribution in [0.4, 0.5) is 13.2 Å². The molecule has 1 aromatic carbocycles. The second-order valence-corrected chi connectivity index (χ2v) is 5.18. The SMILES string of the molecule is CCNC(=NCCCOCC)NCCc1ccc(OC(F)(F)F)cc1.I. The summed E-state index contributed by atoms with van der Waals surface area (Å²) in [6.45, 7) is 7.37. The van der Waals surface area contributed by atoms with Crippen molar-refractivity contribution in [1.82, 2.24) is 10.6 Å². The lowest BCUT2D eigenvalue weighted by Gasteiger charge is -2.12. The van der Waals surface area contributed by atoms with Gasteiger partial charge < -0.3 is 20.1 Å². The van der Waals surface area contributed by atoms with Crippen LogP contribution in [0.15, 0.2) is 29.3 Å². The average Bonchev–Trinajstić information content (AvgIpc) is 2.55. The Labute approximate surface area is 169 Å². The van der Waals surface area contributed by atoms with E-state index in [-0.39, 0.29) is 29.7 Å². The van der Waals surface area contributed by atoms with Crippen LogP contribution in [0, 0.1) is 0 Å². The van der Waals surface area contributed by atoms with Crippen LogP contribution in [0.2, 0.25) is 0 Å². The predicted molar refractivity (Wildman–Crippen MR) is 107 cm³/mol. The molecule has 0 radical (unpaired) electrons. The van der Waals surface area contributed by atoms with E-state index in [1.54, 1.807) is 12.1 Å². The summed E-state index contributed by atoms with van der Waals surface area (Å²) in [7, 11) is 0. The predicted octanol–water partition coefficient (Wildman–Crippen LogP) is 3.73. The molecule has 150 valence electrons. The molecule has 26 heavy (non-hydrogen) atoms. The molecule has 0 saturated heterocycles. The molecular weight excluding hydrogens is 462 g/mol. The van der Waals surface area contributed by atoms with Crippen LogP contribution < -0.4 is 15.4 Å². The number of nitrogens with one attached hydrogen (secondary N) is 2. The molecule has 0 saturated carbocycles. The first-order valence-corrected chi connectivity index (χ1v) is 8.39. The number of guanidine groups is 1. The molecule has 0 aliphatic heterocycles. The fourth-order valence-electron chi connectivity index (χ4n) is 2.03. The van der Waals surface area contributed by atoms with Crippen LogP contribution in [0.5, 0.6) is 5.75 Å². The molecule has 0 aromatic heterocycles. The third-order valence-corrected chi connectivity index (χ3v) is 3.13. The molecule has 1 aromatic rings. The lowest BCUT2D eigenvalue weighted by Crippen LogP contribution is -2.38. The lowest BCUT2D eigenvalue weighted by atomic mass is 10.1. The summed E-state index contributed by atoms with van der Waals surface area (Å²) in [6, 6.07) is 5.87. The fourth-order valence-corrected chi connectivity index (χ4v) is 2.03. The minimum Gasteiger partial charge on any atom is -0.406 e. The quantitative estimate of drug-likeness (QED) is 0.228. The zero-order valence-electron chi connectivity index (χ0n) is 15.1. The highest BCUT2D eigenvalue weighted by Crippen LogP contribution is 2.22. The Bertz CT molecular complexity index is 511. The highest BCUT2D eigenvalue weighted by atomic mass is 127. The smallest absolute Gasteiger partial charge is 0.406 e. The van der Waals surface area contributed by atoms with Crippen LogP contribution in [0.3, 0.4) is 0 Å². The van der Waals surface area contributed by atoms with Crippen molar-refractivity contribution in [1.29, 1.82) is 0 Å². The first-order valence-electron chi connectivity index (χ1n) is 8.39. The Morgan fingerprint density at radius 3 is 2.38 bits per heavy atom. The van der Waals surface area contributed by atoms with Crippen LogP contribution in [-0.4, -0.2) is 45.2 Å². The van der Waals surface area contributed by atoms with Crippen molar-refractivity contribution in [2.45, 2.75) is 33.1 Å². The molecule has 0 aliphatic carbocycles. The van der Waals surface area contributed by atoms with Gasteiger partial charge in [0.05, 0.1) is 0 Å². The van der Waals surface area contributed by atoms with E-state index in [2.05, 4.69) is 20.4 Å². The number of ether oxygens (including phenoxy) is 2. The summed E-state index contributed by atoms with van der Waals surface area (Å²) in [5, 5.41) is 6.35. The molecule has 1 rings (SSSR count). The van der Waals surface area contributed by atoms with E-state index in [4.69, 9.17) is 4.74 Å². The monoisotopic (exact) mass is 489 g/mol. The Kier molecular flexibility index (Phi) is 13.2. The summed E-state index contributed by atoms with van der Waals surface area (Å²) in [5.74, 6) is 0.504. The molecule has 0 spiro atoms. The van der Waals surface area contributed by atoms with E-state index in [0.717, 1.165) is 24.5 Å². The summed E-state index contributed by atoms with van der Waals surface area (Å²) < 4.78 is 45.5. The van der Waals surface area contributed by atoms with Crippen molar-refractivity contribution in [2.75, 3.05) is 32.8 Å². The van der Waals surface area contributed by atoms with Gasteiger partial charge in [0, 0.05) is 32.8 Å². The number of alkyl halides is 3. The highest BCUT2D eigenvalue weighted by Gasteiger charge is 2.30. The number of aliphatic imine (C=N–C) groups is 1. The van der Waals surface area contributed by atoms with Gasteiger partial charge in [0.1, 0.15) is 5.75 Å². The third kappa shape index (κ3) is 12.2. The number of hydrogen-bond acceptors (Lipinski definition) is 3. The highest BCUT2D eigenvalue weighted by molar-refractivity contribution is 14.0. The van der Waals surface area contributed by atoms with Crippen LogP contribution in [-0.2, 0) is 11.2 Å².